The van der Waals surface area contributed by atoms with Crippen molar-refractivity contribution in [1.82, 2.24) is 4.90 Å². The fourth-order valence-electron chi connectivity index (χ4n) is 2.47. The number of hydrogen-bond acceptors (Lipinski definition) is 3. The van der Waals surface area contributed by atoms with E-state index in [4.69, 9.17) is 5.73 Å². The number of nitrogens with zero attached hydrogens (tertiary/aromatic N) is 2. The van der Waals surface area contributed by atoms with Gasteiger partial charge in [-0.1, -0.05) is 15.9 Å². The molecule has 0 radical (unpaired) electrons. The summed E-state index contributed by atoms with van der Waals surface area (Å²) >= 11 is 3.07. The number of benzene rings is 1. The number of nitrogens with two attached hydrogens (primary N) is 1. The molecule has 0 aromatic heterocycles. The van der Waals surface area contributed by atoms with Gasteiger partial charge in [-0.15, -0.1) is 24.8 Å². The average molecular weight is 453 g/mol. The molecule has 10 heteroatoms. The van der Waals surface area contributed by atoms with E-state index in [0.29, 0.717) is 30.7 Å². The Morgan fingerprint density at radius 3 is 2.21 bits per heavy atom. The molecule has 0 aliphatic carbocycles. The quantitative estimate of drug-likeness (QED) is 0.748. The number of rotatable bonds is 2. The van der Waals surface area contributed by atoms with E-state index in [-0.39, 0.29) is 36.4 Å². The van der Waals surface area contributed by atoms with Crippen LogP contribution in [0.1, 0.15) is 12.5 Å². The second kappa shape index (κ2) is 9.12. The first-order valence-corrected chi connectivity index (χ1v) is 7.65. The van der Waals surface area contributed by atoms with E-state index in [0.717, 1.165) is 6.07 Å². The summed E-state index contributed by atoms with van der Waals surface area (Å²) in [6, 6.07) is 3.53. The Kier molecular flexibility index (Phi) is 8.86. The van der Waals surface area contributed by atoms with Crippen LogP contribution in [0.3, 0.4) is 0 Å². The molecule has 0 bridgehead atoms. The molecule has 1 aromatic rings. The molecule has 24 heavy (non-hydrogen) atoms. The van der Waals surface area contributed by atoms with Gasteiger partial charge in [0.2, 0.25) is 5.91 Å². The summed E-state index contributed by atoms with van der Waals surface area (Å²) < 4.78 is 39.9. The fourth-order valence-corrected chi connectivity index (χ4v) is 2.83. The smallest absolute Gasteiger partial charge is 0.367 e. The van der Waals surface area contributed by atoms with Crippen LogP contribution in [0.5, 0.6) is 0 Å². The molecular formula is C14H19BrCl2F3N3O. The monoisotopic (exact) mass is 451 g/mol. The zero-order valence-electron chi connectivity index (χ0n) is 12.8. The summed E-state index contributed by atoms with van der Waals surface area (Å²) in [5, 5.41) is 0. The second-order valence-electron chi connectivity index (χ2n) is 5.26. The van der Waals surface area contributed by atoms with Crippen molar-refractivity contribution >= 4 is 52.3 Å². The van der Waals surface area contributed by atoms with Crippen molar-refractivity contribution in [3.05, 3.63) is 28.2 Å². The number of hydrogen-bond donors (Lipinski definition) is 1. The number of amides is 1. The molecule has 1 atom stereocenters. The van der Waals surface area contributed by atoms with Gasteiger partial charge in [0.15, 0.2) is 0 Å². The zero-order chi connectivity index (χ0) is 16.5. The number of piperazine rings is 1. The van der Waals surface area contributed by atoms with Gasteiger partial charge in [0.05, 0.1) is 11.6 Å². The number of alkyl halides is 3. The zero-order valence-corrected chi connectivity index (χ0v) is 16.1. The first-order valence-electron chi connectivity index (χ1n) is 6.86. The molecule has 2 N–H and O–H groups in total. The summed E-state index contributed by atoms with van der Waals surface area (Å²) in [6.07, 6.45) is -4.42. The molecule has 1 fully saturated rings. The van der Waals surface area contributed by atoms with Crippen LogP contribution in [-0.2, 0) is 11.0 Å². The number of anilines is 1. The van der Waals surface area contributed by atoms with Gasteiger partial charge < -0.3 is 15.5 Å². The van der Waals surface area contributed by atoms with Crippen molar-refractivity contribution in [2.24, 2.45) is 5.73 Å². The van der Waals surface area contributed by atoms with E-state index < -0.39 is 17.8 Å². The molecule has 1 aromatic carbocycles. The predicted molar refractivity (Wildman–Crippen MR) is 96.1 cm³/mol. The van der Waals surface area contributed by atoms with Crippen LogP contribution in [0.15, 0.2) is 22.7 Å². The lowest BCUT2D eigenvalue weighted by Gasteiger charge is -2.37. The summed E-state index contributed by atoms with van der Waals surface area (Å²) in [4.78, 5) is 15.1. The summed E-state index contributed by atoms with van der Waals surface area (Å²) in [5.41, 5.74) is 5.02. The third-order valence-corrected chi connectivity index (χ3v) is 4.08. The lowest BCUT2D eigenvalue weighted by Crippen LogP contribution is -2.52. The Labute approximate surface area is 159 Å². The molecule has 1 aliphatic rings. The van der Waals surface area contributed by atoms with Gasteiger partial charge >= 0.3 is 6.18 Å². The summed E-state index contributed by atoms with van der Waals surface area (Å²) in [5.74, 6) is -0.175. The van der Waals surface area contributed by atoms with Gasteiger partial charge in [0.1, 0.15) is 0 Å². The SMILES string of the molecule is C[C@@H](N)C(=O)N1CCN(c2ccc(Br)cc2C(F)(F)F)CC1.Cl.Cl. The topological polar surface area (TPSA) is 49.6 Å². The molecule has 0 spiro atoms. The van der Waals surface area contributed by atoms with Crippen LogP contribution in [0.4, 0.5) is 18.9 Å². The minimum absolute atomic E-state index is 0. The fraction of sp³-hybridized carbons (Fsp3) is 0.500. The van der Waals surface area contributed by atoms with Gasteiger partial charge in [-0.3, -0.25) is 4.79 Å². The number of halogens is 6. The highest BCUT2D eigenvalue weighted by Gasteiger charge is 2.36. The Morgan fingerprint density at radius 1 is 1.21 bits per heavy atom. The van der Waals surface area contributed by atoms with Crippen molar-refractivity contribution in [3.8, 4) is 0 Å². The lowest BCUT2D eigenvalue weighted by molar-refractivity contribution is -0.137. The predicted octanol–water partition coefficient (Wildman–Crippen LogP) is 3.31. The largest absolute Gasteiger partial charge is 0.418 e. The molecule has 1 aliphatic heterocycles. The average Bonchev–Trinajstić information content (AvgIpc) is 2.45. The highest BCUT2D eigenvalue weighted by molar-refractivity contribution is 9.10. The Hall–Kier alpha value is -0.700. The first kappa shape index (κ1) is 23.3. The van der Waals surface area contributed by atoms with Crippen LogP contribution in [0.2, 0.25) is 0 Å². The minimum atomic E-state index is -4.42. The van der Waals surface area contributed by atoms with Gasteiger partial charge in [0.25, 0.3) is 0 Å². The van der Waals surface area contributed by atoms with E-state index in [1.54, 1.807) is 22.8 Å². The van der Waals surface area contributed by atoms with Crippen molar-refractivity contribution in [3.63, 3.8) is 0 Å². The molecule has 1 saturated heterocycles. The molecule has 0 saturated carbocycles. The van der Waals surface area contributed by atoms with E-state index in [1.165, 1.54) is 6.07 Å². The Balaban J connectivity index is 0.00000264. The third kappa shape index (κ3) is 5.40. The summed E-state index contributed by atoms with van der Waals surface area (Å²) in [7, 11) is 0. The van der Waals surface area contributed by atoms with Crippen LogP contribution in [0, 0.1) is 0 Å². The van der Waals surface area contributed by atoms with Gasteiger partial charge in [-0.05, 0) is 25.1 Å². The van der Waals surface area contributed by atoms with Gasteiger partial charge in [-0.25, -0.2) is 0 Å². The van der Waals surface area contributed by atoms with E-state index in [1.807, 2.05) is 0 Å². The molecule has 1 heterocycles. The van der Waals surface area contributed by atoms with E-state index >= 15 is 0 Å². The maximum Gasteiger partial charge on any atom is 0.418 e. The van der Waals surface area contributed by atoms with Crippen LogP contribution in [-0.4, -0.2) is 43.0 Å². The van der Waals surface area contributed by atoms with Crippen LogP contribution in [0.25, 0.3) is 0 Å². The lowest BCUT2D eigenvalue weighted by atomic mass is 10.1. The molecule has 138 valence electrons. The molecule has 1 amide bonds. The van der Waals surface area contributed by atoms with Crippen molar-refractivity contribution in [2.45, 2.75) is 19.1 Å². The van der Waals surface area contributed by atoms with E-state index in [9.17, 15) is 18.0 Å². The number of carbonyl (C=O) groups is 1. The highest BCUT2D eigenvalue weighted by atomic mass is 79.9. The maximum atomic E-state index is 13.2. The van der Waals surface area contributed by atoms with E-state index in [2.05, 4.69) is 15.9 Å². The highest BCUT2D eigenvalue weighted by Crippen LogP contribution is 2.38. The minimum Gasteiger partial charge on any atom is -0.367 e. The van der Waals surface area contributed by atoms with Crippen molar-refractivity contribution < 1.29 is 18.0 Å². The van der Waals surface area contributed by atoms with Crippen molar-refractivity contribution in [1.29, 1.82) is 0 Å². The Morgan fingerprint density at radius 2 is 1.75 bits per heavy atom. The van der Waals surface area contributed by atoms with Crippen molar-refractivity contribution in [2.75, 3.05) is 31.1 Å². The van der Waals surface area contributed by atoms with Gasteiger partial charge in [-0.2, -0.15) is 13.2 Å². The molecular weight excluding hydrogens is 434 g/mol. The molecule has 0 unspecified atom stereocenters. The maximum absolute atomic E-state index is 13.2. The Bertz CT molecular complexity index is 565. The standard InChI is InChI=1S/C14H17BrF3N3O.2ClH/c1-9(19)13(22)21-6-4-20(5-7-21)12-3-2-10(15)8-11(12)14(16,17)18;;/h2-3,8-9H,4-7,19H2,1H3;2*1H/t9-;;/m1../s1. The third-order valence-electron chi connectivity index (χ3n) is 3.59. The molecule has 4 nitrogen and oxygen atoms in total. The normalized spacial score (nSPS) is 16.1. The van der Waals surface area contributed by atoms with Gasteiger partial charge in [0, 0.05) is 36.3 Å². The first-order chi connectivity index (χ1) is 10.2. The second-order valence-corrected chi connectivity index (χ2v) is 6.18. The van der Waals surface area contributed by atoms with Crippen LogP contribution >= 0.6 is 40.7 Å². The summed E-state index contributed by atoms with van der Waals surface area (Å²) in [6.45, 7) is 3.04. The van der Waals surface area contributed by atoms with Crippen LogP contribution < -0.4 is 10.6 Å². The number of carbonyl (C=O) groups excluding carboxylic acids is 1. The molecule has 2 rings (SSSR count).